The van der Waals surface area contributed by atoms with Crippen LogP contribution >= 0.6 is 0 Å². The summed E-state index contributed by atoms with van der Waals surface area (Å²) in [6.07, 6.45) is 1.05. The van der Waals surface area contributed by atoms with Gasteiger partial charge in [-0.25, -0.2) is 14.8 Å². The van der Waals surface area contributed by atoms with Gasteiger partial charge in [-0.1, -0.05) is 12.1 Å². The summed E-state index contributed by atoms with van der Waals surface area (Å²) in [5, 5.41) is 20.5. The molecule has 38 heavy (non-hydrogen) atoms. The van der Waals surface area contributed by atoms with Crippen LogP contribution < -0.4 is 5.32 Å². The highest BCUT2D eigenvalue weighted by Crippen LogP contribution is 2.31. The smallest absolute Gasteiger partial charge is 0.435 e. The number of rotatable bonds is 4. The van der Waals surface area contributed by atoms with Gasteiger partial charge < -0.3 is 10.1 Å². The Morgan fingerprint density at radius 1 is 1.03 bits per heavy atom. The molecule has 0 aliphatic rings. The topological polar surface area (TPSA) is 125 Å². The van der Waals surface area contributed by atoms with Crippen molar-refractivity contribution in [2.75, 3.05) is 5.32 Å². The fourth-order valence-electron chi connectivity index (χ4n) is 4.07. The Bertz CT molecular complexity index is 1740. The highest BCUT2D eigenvalue weighted by molar-refractivity contribution is 5.95. The summed E-state index contributed by atoms with van der Waals surface area (Å²) in [6, 6.07) is 15.7. The first kappa shape index (κ1) is 24.8. The van der Waals surface area contributed by atoms with Crippen LogP contribution in [0.15, 0.2) is 60.8 Å². The van der Waals surface area contributed by atoms with Crippen molar-refractivity contribution < 1.29 is 14.5 Å². The Labute approximate surface area is 218 Å². The van der Waals surface area contributed by atoms with E-state index in [0.29, 0.717) is 28.2 Å². The molecule has 10 nitrogen and oxygen atoms in total. The number of ether oxygens (including phenoxy) is 1. The van der Waals surface area contributed by atoms with Crippen LogP contribution in [0.5, 0.6) is 0 Å². The molecule has 5 rings (SSSR count). The fourth-order valence-corrected chi connectivity index (χ4v) is 4.07. The van der Waals surface area contributed by atoms with Gasteiger partial charge in [0, 0.05) is 34.2 Å². The molecule has 0 radical (unpaired) electrons. The number of non-ortho nitro benzene ring substituents is 1. The second-order valence-corrected chi connectivity index (χ2v) is 10.1. The lowest BCUT2D eigenvalue weighted by Crippen LogP contribution is -2.27. The van der Waals surface area contributed by atoms with Gasteiger partial charge in [-0.2, -0.15) is 9.78 Å². The van der Waals surface area contributed by atoms with E-state index in [9.17, 15) is 14.9 Å². The summed E-state index contributed by atoms with van der Waals surface area (Å²) in [7, 11) is 0. The zero-order chi connectivity index (χ0) is 27.2. The third-order valence-electron chi connectivity index (χ3n) is 6.02. The van der Waals surface area contributed by atoms with Crippen LogP contribution in [0.3, 0.4) is 0 Å². The first-order chi connectivity index (χ1) is 18.0. The van der Waals surface area contributed by atoms with Gasteiger partial charge in [-0.3, -0.25) is 10.1 Å². The van der Waals surface area contributed by atoms with Crippen LogP contribution in [0.25, 0.3) is 33.2 Å². The molecule has 192 valence electrons. The SMILES string of the molecule is Cc1cc2nc(-c3cccc([N+](=O)[O-])c3)nc(Nc3ccc4c(cnn4C(=O)OC(C)(C)C)c3)c2cc1C. The normalized spacial score (nSPS) is 11.6. The maximum absolute atomic E-state index is 12.6. The van der Waals surface area contributed by atoms with Crippen molar-refractivity contribution in [1.29, 1.82) is 0 Å². The molecule has 0 amide bonds. The lowest BCUT2D eigenvalue weighted by Gasteiger charge is -2.19. The molecular formula is C28H26N6O4. The molecule has 0 aliphatic heterocycles. The standard InChI is InChI=1S/C28H26N6O4/c1-16-11-22-23(12-17(16)2)31-25(18-7-6-8-21(14-18)34(36)37)32-26(22)30-20-9-10-24-19(13-20)15-29-33(24)27(35)38-28(3,4)5/h6-15H,1-5H3,(H,30,31,32). The summed E-state index contributed by atoms with van der Waals surface area (Å²) in [5.74, 6) is 0.921. The van der Waals surface area contributed by atoms with Crippen LogP contribution in [0.1, 0.15) is 31.9 Å². The number of hydrogen-bond acceptors (Lipinski definition) is 8. The van der Waals surface area contributed by atoms with Crippen LogP contribution in [0, 0.1) is 24.0 Å². The van der Waals surface area contributed by atoms with Gasteiger partial charge in [0.2, 0.25) is 0 Å². The third-order valence-corrected chi connectivity index (χ3v) is 6.02. The maximum Gasteiger partial charge on any atom is 0.435 e. The van der Waals surface area contributed by atoms with Crippen LogP contribution in [0.2, 0.25) is 0 Å². The number of benzene rings is 3. The van der Waals surface area contributed by atoms with E-state index in [1.807, 2.05) is 38.1 Å². The minimum atomic E-state index is -0.641. The second-order valence-electron chi connectivity index (χ2n) is 10.1. The van der Waals surface area contributed by atoms with Gasteiger partial charge in [0.05, 0.1) is 22.2 Å². The monoisotopic (exact) mass is 510 g/mol. The van der Waals surface area contributed by atoms with E-state index >= 15 is 0 Å². The highest BCUT2D eigenvalue weighted by Gasteiger charge is 2.20. The van der Waals surface area contributed by atoms with Gasteiger partial charge in [0.1, 0.15) is 11.4 Å². The Hall–Kier alpha value is -4.86. The van der Waals surface area contributed by atoms with Crippen molar-refractivity contribution in [3.05, 3.63) is 82.0 Å². The van der Waals surface area contributed by atoms with Gasteiger partial charge in [0.15, 0.2) is 5.82 Å². The molecule has 3 aromatic carbocycles. The summed E-state index contributed by atoms with van der Waals surface area (Å²) < 4.78 is 6.68. The first-order valence-corrected chi connectivity index (χ1v) is 12.0. The van der Waals surface area contributed by atoms with Crippen LogP contribution in [-0.2, 0) is 4.74 Å². The second kappa shape index (κ2) is 9.22. The largest absolute Gasteiger partial charge is 0.442 e. The molecule has 0 unspecified atom stereocenters. The molecule has 0 bridgehead atoms. The van der Waals surface area contributed by atoms with Crippen molar-refractivity contribution in [2.24, 2.45) is 0 Å². The van der Waals surface area contributed by atoms with E-state index in [-0.39, 0.29) is 5.69 Å². The molecule has 10 heteroatoms. The van der Waals surface area contributed by atoms with Crippen molar-refractivity contribution in [2.45, 2.75) is 40.2 Å². The highest BCUT2D eigenvalue weighted by atomic mass is 16.6. The molecule has 0 saturated heterocycles. The number of aromatic nitrogens is 4. The lowest BCUT2D eigenvalue weighted by atomic mass is 10.1. The molecule has 0 fully saturated rings. The summed E-state index contributed by atoms with van der Waals surface area (Å²) in [5.41, 5.74) is 4.07. The van der Waals surface area contributed by atoms with Gasteiger partial charge in [0.25, 0.3) is 5.69 Å². The average molecular weight is 511 g/mol. The Morgan fingerprint density at radius 3 is 2.53 bits per heavy atom. The van der Waals surface area contributed by atoms with E-state index in [2.05, 4.69) is 10.4 Å². The number of hydrogen-bond donors (Lipinski definition) is 1. The van der Waals surface area contributed by atoms with Crippen molar-refractivity contribution in [3.8, 4) is 11.4 Å². The third kappa shape index (κ3) is 4.88. The fraction of sp³-hybridized carbons (Fsp3) is 0.214. The maximum atomic E-state index is 12.6. The quantitative estimate of drug-likeness (QED) is 0.209. The van der Waals surface area contributed by atoms with E-state index in [1.54, 1.807) is 45.2 Å². The van der Waals surface area contributed by atoms with E-state index in [1.165, 1.54) is 16.8 Å². The van der Waals surface area contributed by atoms with E-state index in [0.717, 1.165) is 27.6 Å². The van der Waals surface area contributed by atoms with Crippen molar-refractivity contribution in [3.63, 3.8) is 0 Å². The van der Waals surface area contributed by atoms with Gasteiger partial charge >= 0.3 is 6.09 Å². The van der Waals surface area contributed by atoms with Crippen molar-refractivity contribution >= 4 is 45.1 Å². The Balaban J connectivity index is 1.57. The number of nitrogens with one attached hydrogen (secondary N) is 1. The molecular weight excluding hydrogens is 484 g/mol. The van der Waals surface area contributed by atoms with Gasteiger partial charge in [-0.15, -0.1) is 0 Å². The summed E-state index contributed by atoms with van der Waals surface area (Å²) in [4.78, 5) is 32.9. The molecule has 2 heterocycles. The molecule has 0 aliphatic carbocycles. The number of nitrogens with zero attached hydrogens (tertiary/aromatic N) is 5. The molecule has 1 N–H and O–H groups in total. The number of fused-ring (bicyclic) bond motifs is 2. The molecule has 0 atom stereocenters. The van der Waals surface area contributed by atoms with E-state index in [4.69, 9.17) is 14.7 Å². The first-order valence-electron chi connectivity index (χ1n) is 12.0. The predicted molar refractivity (Wildman–Crippen MR) is 146 cm³/mol. The number of anilines is 2. The average Bonchev–Trinajstić information content (AvgIpc) is 3.27. The minimum Gasteiger partial charge on any atom is -0.442 e. The number of carbonyl (C=O) groups is 1. The number of nitro benzene ring substituents is 1. The minimum absolute atomic E-state index is 0.0340. The number of carbonyl (C=O) groups excluding carboxylic acids is 1. The Kier molecular flexibility index (Phi) is 6.02. The summed E-state index contributed by atoms with van der Waals surface area (Å²) >= 11 is 0. The van der Waals surface area contributed by atoms with E-state index < -0.39 is 16.6 Å². The zero-order valence-electron chi connectivity index (χ0n) is 21.6. The Morgan fingerprint density at radius 2 is 1.79 bits per heavy atom. The molecule has 2 aromatic heterocycles. The predicted octanol–water partition coefficient (Wildman–Crippen LogP) is 6.70. The molecule has 0 saturated carbocycles. The van der Waals surface area contributed by atoms with Crippen LogP contribution in [0.4, 0.5) is 22.0 Å². The molecule has 5 aromatic rings. The number of aryl methyl sites for hydroxylation is 2. The van der Waals surface area contributed by atoms with Gasteiger partial charge in [-0.05, 0) is 76.1 Å². The molecule has 0 spiro atoms. The van der Waals surface area contributed by atoms with Crippen LogP contribution in [-0.4, -0.2) is 36.4 Å². The van der Waals surface area contributed by atoms with Crippen molar-refractivity contribution in [1.82, 2.24) is 19.7 Å². The number of nitro groups is 1. The zero-order valence-corrected chi connectivity index (χ0v) is 21.6. The summed E-state index contributed by atoms with van der Waals surface area (Å²) in [6.45, 7) is 9.43. The lowest BCUT2D eigenvalue weighted by molar-refractivity contribution is -0.384.